The molecule has 1 fully saturated rings. The topological polar surface area (TPSA) is 15.3 Å². The summed E-state index contributed by atoms with van der Waals surface area (Å²) in [7, 11) is 0. The van der Waals surface area contributed by atoms with Crippen molar-refractivity contribution in [3.63, 3.8) is 0 Å². The average Bonchev–Trinajstić information content (AvgIpc) is 2.25. The molecule has 0 spiro atoms. The van der Waals surface area contributed by atoms with Crippen LogP contribution in [0.1, 0.15) is 26.7 Å². The van der Waals surface area contributed by atoms with Gasteiger partial charge in [-0.2, -0.15) is 0 Å². The summed E-state index contributed by atoms with van der Waals surface area (Å²) >= 11 is 0. The maximum Gasteiger partial charge on any atom is 0.123 e. The van der Waals surface area contributed by atoms with Crippen molar-refractivity contribution < 1.29 is 4.39 Å². The van der Waals surface area contributed by atoms with Crippen LogP contribution in [0, 0.1) is 5.82 Å². The van der Waals surface area contributed by atoms with Gasteiger partial charge in [-0.25, -0.2) is 4.39 Å². The van der Waals surface area contributed by atoms with E-state index in [0.717, 1.165) is 25.3 Å². The van der Waals surface area contributed by atoms with Gasteiger partial charge in [-0.3, -0.25) is 0 Å². The smallest absolute Gasteiger partial charge is 0.123 e. The molecule has 94 valence electrons. The summed E-state index contributed by atoms with van der Waals surface area (Å²) in [5.41, 5.74) is 1.22. The highest BCUT2D eigenvalue weighted by molar-refractivity contribution is 5.46. The third-order valence-corrected chi connectivity index (χ3v) is 3.24. The number of benzene rings is 1. The van der Waals surface area contributed by atoms with Gasteiger partial charge in [0.1, 0.15) is 5.82 Å². The fraction of sp³-hybridized carbons (Fsp3) is 0.571. The zero-order chi connectivity index (χ0) is 12.3. The molecule has 2 rings (SSSR count). The summed E-state index contributed by atoms with van der Waals surface area (Å²) in [5.74, 6) is -0.168. The van der Waals surface area contributed by atoms with E-state index in [-0.39, 0.29) is 11.4 Å². The molecule has 0 unspecified atom stereocenters. The lowest BCUT2D eigenvalue weighted by Crippen LogP contribution is -2.51. The van der Waals surface area contributed by atoms with E-state index in [1.165, 1.54) is 25.0 Å². The van der Waals surface area contributed by atoms with Gasteiger partial charge in [0.05, 0.1) is 0 Å². The standard InChI is InChI=1S/C14H21FN2/c1-14(2)11-17(10-4-3-9-16-14)13-7-5-12(15)6-8-13/h5-8,16H,3-4,9-11H2,1-2H3. The van der Waals surface area contributed by atoms with E-state index in [0.29, 0.717) is 0 Å². The minimum absolute atomic E-state index is 0.106. The first-order valence-corrected chi connectivity index (χ1v) is 6.32. The number of hydrogen-bond donors (Lipinski definition) is 1. The molecule has 2 nitrogen and oxygen atoms in total. The zero-order valence-corrected chi connectivity index (χ0v) is 10.7. The first-order chi connectivity index (χ1) is 8.07. The molecule has 0 radical (unpaired) electrons. The maximum absolute atomic E-state index is 12.9. The minimum Gasteiger partial charge on any atom is -0.370 e. The molecule has 0 atom stereocenters. The molecule has 1 aliphatic heterocycles. The molecular weight excluding hydrogens is 215 g/mol. The van der Waals surface area contributed by atoms with E-state index < -0.39 is 0 Å². The largest absolute Gasteiger partial charge is 0.370 e. The fourth-order valence-corrected chi connectivity index (χ4v) is 2.34. The number of halogens is 1. The molecule has 0 aliphatic carbocycles. The van der Waals surface area contributed by atoms with Gasteiger partial charge in [0, 0.05) is 24.3 Å². The van der Waals surface area contributed by atoms with Crippen molar-refractivity contribution in [2.45, 2.75) is 32.2 Å². The average molecular weight is 236 g/mol. The molecule has 1 saturated heterocycles. The van der Waals surface area contributed by atoms with Crippen LogP contribution in [-0.2, 0) is 0 Å². The highest BCUT2D eigenvalue weighted by Gasteiger charge is 2.22. The van der Waals surface area contributed by atoms with Crippen molar-refractivity contribution in [1.82, 2.24) is 5.32 Å². The predicted octanol–water partition coefficient (Wildman–Crippen LogP) is 2.79. The first kappa shape index (κ1) is 12.4. The van der Waals surface area contributed by atoms with Gasteiger partial charge in [-0.15, -0.1) is 0 Å². The Hall–Kier alpha value is -1.09. The van der Waals surface area contributed by atoms with Crippen LogP contribution < -0.4 is 10.2 Å². The molecule has 0 saturated carbocycles. The summed E-state index contributed by atoms with van der Waals surface area (Å²) in [5, 5.41) is 3.56. The fourth-order valence-electron chi connectivity index (χ4n) is 2.34. The quantitative estimate of drug-likeness (QED) is 0.806. The highest BCUT2D eigenvalue weighted by Crippen LogP contribution is 2.20. The van der Waals surface area contributed by atoms with Crippen LogP contribution in [-0.4, -0.2) is 25.2 Å². The Balaban J connectivity index is 2.14. The van der Waals surface area contributed by atoms with Crippen LogP contribution in [0.15, 0.2) is 24.3 Å². The normalized spacial score (nSPS) is 20.8. The molecule has 0 bridgehead atoms. The van der Waals surface area contributed by atoms with Crippen LogP contribution in [0.5, 0.6) is 0 Å². The Bertz CT molecular complexity index is 359. The monoisotopic (exact) mass is 236 g/mol. The second-order valence-electron chi connectivity index (χ2n) is 5.42. The number of anilines is 1. The van der Waals surface area contributed by atoms with Crippen molar-refractivity contribution in [3.05, 3.63) is 30.1 Å². The third kappa shape index (κ3) is 3.43. The second kappa shape index (κ2) is 5.05. The van der Waals surface area contributed by atoms with Gasteiger partial charge in [-0.1, -0.05) is 0 Å². The summed E-state index contributed by atoms with van der Waals surface area (Å²) in [6, 6.07) is 6.81. The van der Waals surface area contributed by atoms with Crippen LogP contribution in [0.4, 0.5) is 10.1 Å². The lowest BCUT2D eigenvalue weighted by molar-refractivity contribution is 0.364. The van der Waals surface area contributed by atoms with Gasteiger partial charge in [0.2, 0.25) is 0 Å². The lowest BCUT2D eigenvalue weighted by atomic mass is 10.0. The van der Waals surface area contributed by atoms with Crippen molar-refractivity contribution in [3.8, 4) is 0 Å². The Labute approximate surface area is 103 Å². The van der Waals surface area contributed by atoms with Crippen molar-refractivity contribution in [2.75, 3.05) is 24.5 Å². The van der Waals surface area contributed by atoms with Crippen LogP contribution in [0.3, 0.4) is 0 Å². The molecule has 0 aromatic heterocycles. The van der Waals surface area contributed by atoms with Crippen molar-refractivity contribution >= 4 is 5.69 Å². The van der Waals surface area contributed by atoms with Gasteiger partial charge >= 0.3 is 0 Å². The maximum atomic E-state index is 12.9. The molecule has 1 N–H and O–H groups in total. The molecule has 17 heavy (non-hydrogen) atoms. The molecular formula is C14H21FN2. The predicted molar refractivity (Wildman–Crippen MR) is 69.9 cm³/mol. The number of rotatable bonds is 1. The molecule has 1 aliphatic rings. The third-order valence-electron chi connectivity index (χ3n) is 3.24. The molecule has 0 amide bonds. The Morgan fingerprint density at radius 3 is 2.59 bits per heavy atom. The summed E-state index contributed by atoms with van der Waals surface area (Å²) < 4.78 is 12.9. The van der Waals surface area contributed by atoms with Crippen molar-refractivity contribution in [2.24, 2.45) is 0 Å². The van der Waals surface area contributed by atoms with E-state index in [2.05, 4.69) is 24.1 Å². The number of nitrogens with zero attached hydrogens (tertiary/aromatic N) is 1. The van der Waals surface area contributed by atoms with E-state index in [1.807, 2.05) is 12.1 Å². The van der Waals surface area contributed by atoms with Crippen LogP contribution >= 0.6 is 0 Å². The molecule has 1 heterocycles. The SMILES string of the molecule is CC1(C)CN(c2ccc(F)cc2)CCCCN1. The lowest BCUT2D eigenvalue weighted by Gasteiger charge is -2.37. The van der Waals surface area contributed by atoms with E-state index in [9.17, 15) is 4.39 Å². The number of nitrogens with one attached hydrogen (secondary N) is 1. The Morgan fingerprint density at radius 1 is 1.18 bits per heavy atom. The van der Waals surface area contributed by atoms with Gasteiger partial charge in [0.25, 0.3) is 0 Å². The van der Waals surface area contributed by atoms with Crippen molar-refractivity contribution in [1.29, 1.82) is 0 Å². The van der Waals surface area contributed by atoms with Crippen LogP contribution in [0.25, 0.3) is 0 Å². The Morgan fingerprint density at radius 2 is 1.88 bits per heavy atom. The highest BCUT2D eigenvalue weighted by atomic mass is 19.1. The minimum atomic E-state index is -0.168. The number of hydrogen-bond acceptors (Lipinski definition) is 2. The van der Waals surface area contributed by atoms with Crippen LogP contribution in [0.2, 0.25) is 0 Å². The first-order valence-electron chi connectivity index (χ1n) is 6.32. The van der Waals surface area contributed by atoms with E-state index >= 15 is 0 Å². The summed E-state index contributed by atoms with van der Waals surface area (Å²) in [6.45, 7) is 7.53. The zero-order valence-electron chi connectivity index (χ0n) is 10.7. The van der Waals surface area contributed by atoms with Gasteiger partial charge in [0.15, 0.2) is 0 Å². The molecule has 1 aromatic rings. The van der Waals surface area contributed by atoms with Gasteiger partial charge in [-0.05, 0) is 57.5 Å². The second-order valence-corrected chi connectivity index (χ2v) is 5.42. The van der Waals surface area contributed by atoms with E-state index in [4.69, 9.17) is 0 Å². The molecule has 1 aromatic carbocycles. The summed E-state index contributed by atoms with van der Waals surface area (Å²) in [4.78, 5) is 2.34. The Kier molecular flexibility index (Phi) is 3.67. The van der Waals surface area contributed by atoms with Gasteiger partial charge < -0.3 is 10.2 Å². The summed E-state index contributed by atoms with van der Waals surface area (Å²) in [6.07, 6.45) is 2.38. The van der Waals surface area contributed by atoms with E-state index in [1.54, 1.807) is 0 Å². The molecule has 3 heteroatoms.